The molecule has 7 nitrogen and oxygen atoms in total. The van der Waals surface area contributed by atoms with Crippen molar-refractivity contribution in [2.24, 2.45) is 0 Å². The Hall–Kier alpha value is -4.66. The normalized spacial score (nSPS) is 12.9. The maximum absolute atomic E-state index is 14.1. The van der Waals surface area contributed by atoms with Gasteiger partial charge in [0.1, 0.15) is 11.8 Å². The fourth-order valence-electron chi connectivity index (χ4n) is 5.49. The van der Waals surface area contributed by atoms with Gasteiger partial charge in [0, 0.05) is 25.0 Å². The van der Waals surface area contributed by atoms with Gasteiger partial charge < -0.3 is 9.47 Å². The molecule has 0 aliphatic carbocycles. The fourth-order valence-corrected chi connectivity index (χ4v) is 6.88. The highest BCUT2D eigenvalue weighted by atomic mass is 32.2. The van der Waals surface area contributed by atoms with Gasteiger partial charge in [0.15, 0.2) is 0 Å². The van der Waals surface area contributed by atoms with Gasteiger partial charge in [0.2, 0.25) is 0 Å². The zero-order valence-electron chi connectivity index (χ0n) is 25.0. The Labute approximate surface area is 259 Å². The number of methoxy groups -OCH3 is 2. The first-order valence-electron chi connectivity index (χ1n) is 14.3. The summed E-state index contributed by atoms with van der Waals surface area (Å²) in [6.45, 7) is 2.76. The van der Waals surface area contributed by atoms with Crippen LogP contribution in [0, 0.1) is 6.92 Å². The Kier molecular flexibility index (Phi) is 9.62. The molecule has 0 unspecified atom stereocenters. The number of aromatic nitrogens is 1. The Morgan fingerprint density at radius 3 is 1.84 bits per heavy atom. The van der Waals surface area contributed by atoms with E-state index >= 15 is 0 Å². The molecule has 0 aliphatic heterocycles. The molecule has 0 bridgehead atoms. The molecule has 1 aromatic heterocycles. The highest BCUT2D eigenvalue weighted by molar-refractivity contribution is 7.90. The summed E-state index contributed by atoms with van der Waals surface area (Å²) in [5.41, 5.74) is 4.15. The number of carbonyl (C=O) groups is 1. The van der Waals surface area contributed by atoms with Crippen molar-refractivity contribution in [2.45, 2.75) is 36.9 Å². The summed E-state index contributed by atoms with van der Waals surface area (Å²) in [7, 11) is -1.04. The summed E-state index contributed by atoms with van der Waals surface area (Å²) < 4.78 is 40.4. The third-order valence-electron chi connectivity index (χ3n) is 7.72. The van der Waals surface area contributed by atoms with Gasteiger partial charge in [-0.3, -0.25) is 9.69 Å². The average Bonchev–Trinajstić information content (AvgIpc) is 3.55. The number of aryl methyl sites for hydroxylation is 1. The molecule has 2 atom stereocenters. The quantitative estimate of drug-likeness (QED) is 0.152. The number of nitrogens with zero attached hydrogens (tertiary/aromatic N) is 2. The minimum absolute atomic E-state index is 0.161. The average molecular weight is 609 g/mol. The maximum Gasteiger partial charge on any atom is 0.324 e. The van der Waals surface area contributed by atoms with Crippen molar-refractivity contribution < 1.29 is 22.7 Å². The summed E-state index contributed by atoms with van der Waals surface area (Å²) in [6.07, 6.45) is 1.54. The Bertz CT molecular complexity index is 1730. The van der Waals surface area contributed by atoms with Crippen LogP contribution in [0.3, 0.4) is 0 Å². The molecule has 226 valence electrons. The van der Waals surface area contributed by atoms with Gasteiger partial charge in [0.05, 0.1) is 25.0 Å². The standard InChI is InChI=1S/C36H36N2O5S/c1-27-16-22-32(23-17-27)44(40,41)38-24-10-15-33(38)34(30-18-20-31(42-2)21-19-30)35(36(39)43-3)37(25-28-11-6-4-7-12-28)26-29-13-8-5-9-14-29/h4-24,34-35H,25-26H2,1-3H3/t34-,35+/m1/s1. The first-order chi connectivity index (χ1) is 21.3. The highest BCUT2D eigenvalue weighted by Gasteiger charge is 2.40. The summed E-state index contributed by atoms with van der Waals surface area (Å²) >= 11 is 0. The van der Waals surface area contributed by atoms with Crippen LogP contribution in [0.5, 0.6) is 5.75 Å². The molecule has 0 fully saturated rings. The van der Waals surface area contributed by atoms with E-state index in [2.05, 4.69) is 4.90 Å². The van der Waals surface area contributed by atoms with Crippen molar-refractivity contribution in [3.8, 4) is 5.75 Å². The van der Waals surface area contributed by atoms with Crippen LogP contribution in [0.1, 0.15) is 33.9 Å². The molecule has 1 heterocycles. The molecule has 4 aromatic carbocycles. The smallest absolute Gasteiger partial charge is 0.324 e. The van der Waals surface area contributed by atoms with E-state index in [-0.39, 0.29) is 4.90 Å². The predicted octanol–water partition coefficient (Wildman–Crippen LogP) is 6.42. The molecule has 0 aliphatic rings. The Balaban J connectivity index is 1.71. The Morgan fingerprint density at radius 2 is 1.32 bits per heavy atom. The van der Waals surface area contributed by atoms with Crippen molar-refractivity contribution in [3.05, 3.63) is 155 Å². The van der Waals surface area contributed by atoms with Crippen LogP contribution in [0.25, 0.3) is 0 Å². The molecule has 0 spiro atoms. The van der Waals surface area contributed by atoms with Crippen LogP contribution in [0.2, 0.25) is 0 Å². The molecule has 44 heavy (non-hydrogen) atoms. The minimum atomic E-state index is -4.00. The lowest BCUT2D eigenvalue weighted by molar-refractivity contribution is -0.148. The molecular weight excluding hydrogens is 572 g/mol. The number of hydrogen-bond acceptors (Lipinski definition) is 6. The third-order valence-corrected chi connectivity index (χ3v) is 9.44. The second-order valence-corrected chi connectivity index (χ2v) is 12.5. The highest BCUT2D eigenvalue weighted by Crippen LogP contribution is 2.36. The monoisotopic (exact) mass is 608 g/mol. The number of rotatable bonds is 12. The van der Waals surface area contributed by atoms with Gasteiger partial charge in [0.25, 0.3) is 10.0 Å². The number of ether oxygens (including phenoxy) is 2. The number of esters is 1. The fraction of sp³-hybridized carbons (Fsp3) is 0.194. The summed E-state index contributed by atoms with van der Waals surface area (Å²) in [5.74, 6) is -0.552. The number of benzene rings is 4. The van der Waals surface area contributed by atoms with Crippen molar-refractivity contribution >= 4 is 16.0 Å². The maximum atomic E-state index is 14.1. The summed E-state index contributed by atoms with van der Waals surface area (Å²) in [4.78, 5) is 16.2. The predicted molar refractivity (Wildman–Crippen MR) is 171 cm³/mol. The van der Waals surface area contributed by atoms with E-state index in [9.17, 15) is 13.2 Å². The van der Waals surface area contributed by atoms with E-state index in [1.165, 1.54) is 17.3 Å². The van der Waals surface area contributed by atoms with Crippen molar-refractivity contribution in [1.29, 1.82) is 0 Å². The van der Waals surface area contributed by atoms with Crippen LogP contribution < -0.4 is 4.74 Å². The van der Waals surface area contributed by atoms with Gasteiger partial charge in [-0.25, -0.2) is 12.4 Å². The Morgan fingerprint density at radius 1 is 0.750 bits per heavy atom. The molecule has 0 amide bonds. The lowest BCUT2D eigenvalue weighted by Crippen LogP contribution is -2.46. The first kappa shape index (κ1) is 30.8. The molecule has 0 saturated heterocycles. The molecule has 5 rings (SSSR count). The van der Waals surface area contributed by atoms with Crippen LogP contribution in [-0.2, 0) is 32.6 Å². The van der Waals surface area contributed by atoms with Crippen LogP contribution in [0.15, 0.2) is 132 Å². The molecule has 5 aromatic rings. The van der Waals surface area contributed by atoms with Crippen LogP contribution >= 0.6 is 0 Å². The van der Waals surface area contributed by atoms with Crippen LogP contribution in [0.4, 0.5) is 0 Å². The molecule has 8 heteroatoms. The van der Waals surface area contributed by atoms with Gasteiger partial charge >= 0.3 is 5.97 Å². The molecular formula is C36H36N2O5S. The van der Waals surface area contributed by atoms with Gasteiger partial charge in [-0.2, -0.15) is 0 Å². The van der Waals surface area contributed by atoms with Gasteiger partial charge in [-0.1, -0.05) is 90.5 Å². The largest absolute Gasteiger partial charge is 0.497 e. The van der Waals surface area contributed by atoms with E-state index in [1.807, 2.05) is 91.9 Å². The summed E-state index contributed by atoms with van der Waals surface area (Å²) in [5, 5.41) is 0. The number of hydrogen-bond donors (Lipinski definition) is 0. The molecule has 0 N–H and O–H groups in total. The lowest BCUT2D eigenvalue weighted by Gasteiger charge is -2.36. The lowest BCUT2D eigenvalue weighted by atomic mass is 9.86. The van der Waals surface area contributed by atoms with Crippen LogP contribution in [-0.4, -0.2) is 43.5 Å². The van der Waals surface area contributed by atoms with Crippen molar-refractivity contribution in [1.82, 2.24) is 8.87 Å². The second-order valence-electron chi connectivity index (χ2n) is 10.6. The zero-order chi connectivity index (χ0) is 31.1. The second kappa shape index (κ2) is 13.8. The summed E-state index contributed by atoms with van der Waals surface area (Å²) in [6, 6.07) is 36.5. The zero-order valence-corrected chi connectivity index (χ0v) is 25.9. The minimum Gasteiger partial charge on any atom is -0.497 e. The first-order valence-corrected chi connectivity index (χ1v) is 15.8. The molecule has 0 radical (unpaired) electrons. The van der Waals surface area contributed by atoms with Gasteiger partial charge in [-0.15, -0.1) is 0 Å². The van der Waals surface area contributed by atoms with E-state index in [4.69, 9.17) is 9.47 Å². The van der Waals surface area contributed by atoms with Crippen molar-refractivity contribution in [3.63, 3.8) is 0 Å². The van der Waals surface area contributed by atoms with E-state index in [0.29, 0.717) is 24.5 Å². The third kappa shape index (κ3) is 6.77. The number of carbonyl (C=O) groups excluding carboxylic acids is 1. The topological polar surface area (TPSA) is 77.8 Å². The van der Waals surface area contributed by atoms with Crippen molar-refractivity contribution in [2.75, 3.05) is 14.2 Å². The van der Waals surface area contributed by atoms with E-state index in [0.717, 1.165) is 22.3 Å². The SMILES string of the molecule is COC(=O)[C@H]([C@H](c1ccc(OC)cc1)c1cccn1S(=O)(=O)c1ccc(C)cc1)N(Cc1ccccc1)Cc1ccccc1. The van der Waals surface area contributed by atoms with E-state index in [1.54, 1.807) is 43.5 Å². The van der Waals surface area contributed by atoms with E-state index < -0.39 is 28.0 Å². The van der Waals surface area contributed by atoms with Gasteiger partial charge in [-0.05, 0) is 60.0 Å². The molecule has 0 saturated carbocycles.